The molecule has 0 aliphatic carbocycles. The number of terminal acetylenes is 1. The SMILES string of the molecule is C#CN1CC=CN1. The minimum atomic E-state index is 0.816. The van der Waals surface area contributed by atoms with Gasteiger partial charge < -0.3 is 0 Å². The summed E-state index contributed by atoms with van der Waals surface area (Å²) in [5.41, 5.74) is 2.82. The fraction of sp³-hybridized carbons (Fsp3) is 0.200. The third-order valence-corrected chi connectivity index (χ3v) is 0.792. The molecular weight excluding hydrogens is 88.1 g/mol. The Hall–Kier alpha value is -1.10. The summed E-state index contributed by atoms with van der Waals surface area (Å²) in [7, 11) is 0. The number of hydrogen-bond acceptors (Lipinski definition) is 2. The maximum absolute atomic E-state index is 5.01. The van der Waals surface area contributed by atoms with Crippen molar-refractivity contribution < 1.29 is 0 Å². The number of nitrogens with zero attached hydrogens (tertiary/aromatic N) is 1. The Morgan fingerprint density at radius 1 is 1.86 bits per heavy atom. The first-order valence-corrected chi connectivity index (χ1v) is 2.08. The average molecular weight is 94.1 g/mol. The van der Waals surface area contributed by atoms with E-state index in [0.29, 0.717) is 0 Å². The van der Waals surface area contributed by atoms with Crippen molar-refractivity contribution in [3.8, 4) is 12.5 Å². The Balaban J connectivity index is 2.39. The number of hydrazine groups is 1. The predicted octanol–water partition coefficient (Wildman–Crippen LogP) is -0.0890. The molecule has 0 unspecified atom stereocenters. The summed E-state index contributed by atoms with van der Waals surface area (Å²) in [5, 5.41) is 1.65. The van der Waals surface area contributed by atoms with Crippen LogP contribution in [0.1, 0.15) is 0 Å². The molecule has 0 aromatic heterocycles. The van der Waals surface area contributed by atoms with Crippen LogP contribution in [0, 0.1) is 12.5 Å². The van der Waals surface area contributed by atoms with E-state index in [1.54, 1.807) is 5.01 Å². The van der Waals surface area contributed by atoms with Gasteiger partial charge in [0.1, 0.15) is 0 Å². The maximum atomic E-state index is 5.01. The summed E-state index contributed by atoms with van der Waals surface area (Å²) >= 11 is 0. The summed E-state index contributed by atoms with van der Waals surface area (Å²) in [6.07, 6.45) is 8.78. The molecule has 7 heavy (non-hydrogen) atoms. The molecule has 0 fully saturated rings. The van der Waals surface area contributed by atoms with Crippen LogP contribution in [-0.2, 0) is 0 Å². The average Bonchev–Trinajstić information content (AvgIpc) is 2.14. The van der Waals surface area contributed by atoms with E-state index in [2.05, 4.69) is 11.5 Å². The van der Waals surface area contributed by atoms with Crippen LogP contribution in [-0.4, -0.2) is 11.6 Å². The smallest absolute Gasteiger partial charge is 0.0679 e. The molecule has 1 aliphatic heterocycles. The third-order valence-electron chi connectivity index (χ3n) is 0.792. The van der Waals surface area contributed by atoms with E-state index in [1.807, 2.05) is 12.3 Å². The lowest BCUT2D eigenvalue weighted by molar-refractivity contribution is 0.402. The van der Waals surface area contributed by atoms with Crippen molar-refractivity contribution in [3.05, 3.63) is 12.3 Å². The van der Waals surface area contributed by atoms with Gasteiger partial charge in [-0.1, -0.05) is 6.42 Å². The van der Waals surface area contributed by atoms with E-state index in [4.69, 9.17) is 6.42 Å². The van der Waals surface area contributed by atoms with Gasteiger partial charge in [0.05, 0.1) is 6.54 Å². The fourth-order valence-electron chi connectivity index (χ4n) is 0.443. The lowest BCUT2D eigenvalue weighted by Gasteiger charge is -2.05. The second-order valence-corrected chi connectivity index (χ2v) is 1.27. The monoisotopic (exact) mass is 94.1 g/mol. The van der Waals surface area contributed by atoms with Gasteiger partial charge in [-0.15, -0.1) is 0 Å². The molecule has 0 amide bonds. The van der Waals surface area contributed by atoms with Crippen LogP contribution in [0.15, 0.2) is 12.3 Å². The van der Waals surface area contributed by atoms with Gasteiger partial charge in [-0.2, -0.15) is 0 Å². The van der Waals surface area contributed by atoms with Crippen molar-refractivity contribution in [3.63, 3.8) is 0 Å². The van der Waals surface area contributed by atoms with Gasteiger partial charge in [0, 0.05) is 12.2 Å². The van der Waals surface area contributed by atoms with Crippen molar-refractivity contribution in [1.29, 1.82) is 0 Å². The normalized spacial score (nSPS) is 16.1. The zero-order valence-corrected chi connectivity index (χ0v) is 3.89. The van der Waals surface area contributed by atoms with Gasteiger partial charge in [-0.05, 0) is 6.08 Å². The Morgan fingerprint density at radius 3 is 3.00 bits per heavy atom. The van der Waals surface area contributed by atoms with Gasteiger partial charge in [-0.25, -0.2) is 5.01 Å². The molecule has 0 atom stereocenters. The minimum absolute atomic E-state index is 0.816. The Labute approximate surface area is 42.8 Å². The van der Waals surface area contributed by atoms with Crippen molar-refractivity contribution in [2.45, 2.75) is 0 Å². The van der Waals surface area contributed by atoms with Crippen LogP contribution in [0.2, 0.25) is 0 Å². The van der Waals surface area contributed by atoms with E-state index in [9.17, 15) is 0 Å². The molecule has 0 aromatic rings. The highest BCUT2D eigenvalue weighted by atomic mass is 15.5. The van der Waals surface area contributed by atoms with Gasteiger partial charge in [0.15, 0.2) is 0 Å². The van der Waals surface area contributed by atoms with Crippen molar-refractivity contribution in [2.75, 3.05) is 6.54 Å². The number of hydrogen-bond donors (Lipinski definition) is 1. The zero-order chi connectivity index (χ0) is 5.11. The minimum Gasteiger partial charge on any atom is -0.298 e. The first-order valence-electron chi connectivity index (χ1n) is 2.08. The Morgan fingerprint density at radius 2 is 2.71 bits per heavy atom. The molecule has 2 heteroatoms. The summed E-state index contributed by atoms with van der Waals surface area (Å²) in [6, 6.07) is 2.42. The first kappa shape index (κ1) is 4.07. The lowest BCUT2D eigenvalue weighted by Crippen LogP contribution is -2.23. The molecule has 1 N–H and O–H groups in total. The lowest BCUT2D eigenvalue weighted by atomic mass is 10.6. The van der Waals surface area contributed by atoms with Gasteiger partial charge in [0.2, 0.25) is 0 Å². The Kier molecular flexibility index (Phi) is 0.910. The van der Waals surface area contributed by atoms with Gasteiger partial charge in [-0.3, -0.25) is 5.43 Å². The summed E-state index contributed by atoms with van der Waals surface area (Å²) in [4.78, 5) is 0. The molecule has 1 heterocycles. The molecule has 0 spiro atoms. The summed E-state index contributed by atoms with van der Waals surface area (Å²) in [5.74, 6) is 0. The predicted molar refractivity (Wildman–Crippen MR) is 27.8 cm³/mol. The van der Waals surface area contributed by atoms with E-state index in [-0.39, 0.29) is 0 Å². The van der Waals surface area contributed by atoms with Crippen LogP contribution in [0.4, 0.5) is 0 Å². The summed E-state index contributed by atoms with van der Waals surface area (Å²) in [6.45, 7) is 0.816. The highest BCUT2D eigenvalue weighted by molar-refractivity contribution is 4.96. The number of rotatable bonds is 0. The second kappa shape index (κ2) is 1.57. The largest absolute Gasteiger partial charge is 0.298 e. The summed E-state index contributed by atoms with van der Waals surface area (Å²) < 4.78 is 0. The van der Waals surface area contributed by atoms with Crippen molar-refractivity contribution in [2.24, 2.45) is 0 Å². The fourth-order valence-corrected chi connectivity index (χ4v) is 0.443. The van der Waals surface area contributed by atoms with Gasteiger partial charge >= 0.3 is 0 Å². The molecule has 0 saturated heterocycles. The second-order valence-electron chi connectivity index (χ2n) is 1.27. The highest BCUT2D eigenvalue weighted by Gasteiger charge is 1.95. The molecule has 0 radical (unpaired) electrons. The van der Waals surface area contributed by atoms with Crippen molar-refractivity contribution in [1.82, 2.24) is 10.4 Å². The van der Waals surface area contributed by atoms with Crippen LogP contribution in [0.25, 0.3) is 0 Å². The van der Waals surface area contributed by atoms with E-state index in [0.717, 1.165) is 6.54 Å². The molecule has 1 rings (SSSR count). The number of nitrogens with one attached hydrogen (secondary N) is 1. The topological polar surface area (TPSA) is 15.3 Å². The van der Waals surface area contributed by atoms with Crippen LogP contribution < -0.4 is 5.43 Å². The molecule has 1 aliphatic rings. The van der Waals surface area contributed by atoms with E-state index >= 15 is 0 Å². The molecule has 0 aromatic carbocycles. The molecule has 36 valence electrons. The van der Waals surface area contributed by atoms with E-state index < -0.39 is 0 Å². The zero-order valence-electron chi connectivity index (χ0n) is 3.89. The van der Waals surface area contributed by atoms with Crippen LogP contribution in [0.5, 0.6) is 0 Å². The van der Waals surface area contributed by atoms with Crippen LogP contribution >= 0.6 is 0 Å². The molecule has 2 nitrogen and oxygen atoms in total. The first-order chi connectivity index (χ1) is 3.43. The molecule has 0 bridgehead atoms. The Bertz CT molecular complexity index is 113. The van der Waals surface area contributed by atoms with Crippen molar-refractivity contribution >= 4 is 0 Å². The van der Waals surface area contributed by atoms with Crippen LogP contribution in [0.3, 0.4) is 0 Å². The molecular formula is C5H6N2. The highest BCUT2D eigenvalue weighted by Crippen LogP contribution is 1.86. The maximum Gasteiger partial charge on any atom is 0.0679 e. The van der Waals surface area contributed by atoms with Gasteiger partial charge in [0.25, 0.3) is 0 Å². The van der Waals surface area contributed by atoms with E-state index in [1.165, 1.54) is 0 Å². The third kappa shape index (κ3) is 0.660. The molecule has 0 saturated carbocycles. The standard InChI is InChI=1S/C5H6N2/c1-2-7-5-3-4-6-7/h1,3-4,6H,5H2. The quantitative estimate of drug-likeness (QED) is 0.422.